The maximum Gasteiger partial charge on any atom is 0.416 e. The average Bonchev–Trinajstić information content (AvgIpc) is 2.47. The highest BCUT2D eigenvalue weighted by atomic mass is 35.5. The minimum absolute atomic E-state index is 0.187. The minimum Gasteiger partial charge on any atom is -0.488 e. The Kier molecular flexibility index (Phi) is 4.44. The van der Waals surface area contributed by atoms with Crippen LogP contribution in [0.25, 0.3) is 0 Å². The third-order valence-electron chi connectivity index (χ3n) is 3.09. The second-order valence-corrected chi connectivity index (χ2v) is 5.38. The molecule has 0 spiro atoms. The van der Waals surface area contributed by atoms with Gasteiger partial charge in [0, 0.05) is 12.9 Å². The number of hydrogen-bond donors (Lipinski definition) is 0. The van der Waals surface area contributed by atoms with Gasteiger partial charge in [-0.25, -0.2) is 0 Å². The van der Waals surface area contributed by atoms with Gasteiger partial charge in [-0.3, -0.25) is 0 Å². The maximum atomic E-state index is 12.8. The smallest absolute Gasteiger partial charge is 0.416 e. The van der Waals surface area contributed by atoms with Gasteiger partial charge in [0.25, 0.3) is 0 Å². The molecule has 110 valence electrons. The molecule has 0 saturated carbocycles. The molecule has 2 nitrogen and oxygen atoms in total. The summed E-state index contributed by atoms with van der Waals surface area (Å²) in [5.74, 6) is 0.795. The third-order valence-corrected chi connectivity index (χ3v) is 3.84. The lowest BCUT2D eigenvalue weighted by Crippen LogP contribution is -2.33. The Hall–Kier alpha value is -1.01. The van der Waals surface area contributed by atoms with E-state index in [9.17, 15) is 13.2 Å². The predicted molar refractivity (Wildman–Crippen MR) is 75.5 cm³/mol. The lowest BCUT2D eigenvalue weighted by molar-refractivity contribution is -0.137. The maximum absolute atomic E-state index is 12.8. The molecule has 1 unspecified atom stereocenters. The highest BCUT2D eigenvalue weighted by Gasteiger charge is 2.33. The van der Waals surface area contributed by atoms with E-state index in [0.717, 1.165) is 12.1 Å². The summed E-state index contributed by atoms with van der Waals surface area (Å²) in [5.41, 5.74) is -0.430. The molecule has 0 aliphatic carbocycles. The Morgan fingerprint density at radius 3 is 2.75 bits per heavy atom. The van der Waals surface area contributed by atoms with Crippen LogP contribution in [0.3, 0.4) is 0 Å². The number of thiocarbonyl (C=S) groups is 1. The molecular formula is C13H13ClF3NOS. The van der Waals surface area contributed by atoms with Gasteiger partial charge in [0.15, 0.2) is 0 Å². The molecule has 0 N–H and O–H groups in total. The quantitative estimate of drug-likeness (QED) is 0.608. The van der Waals surface area contributed by atoms with Gasteiger partial charge in [-0.05, 0) is 24.6 Å². The molecule has 1 heterocycles. The van der Waals surface area contributed by atoms with Gasteiger partial charge in [0.2, 0.25) is 0 Å². The van der Waals surface area contributed by atoms with Crippen molar-refractivity contribution in [1.82, 2.24) is 4.90 Å². The normalized spacial score (nSPS) is 19.4. The van der Waals surface area contributed by atoms with Crippen LogP contribution in [0.4, 0.5) is 13.2 Å². The number of likely N-dealkylation sites (N-methyl/N-ethyl adjacent to an activating group) is 1. The van der Waals surface area contributed by atoms with Crippen LogP contribution >= 0.6 is 23.8 Å². The zero-order valence-electron chi connectivity index (χ0n) is 10.7. The van der Waals surface area contributed by atoms with Crippen LogP contribution in [0.15, 0.2) is 18.2 Å². The lowest BCUT2D eigenvalue weighted by atomic mass is 10.1. The number of ether oxygens (including phenoxy) is 1. The molecule has 1 aliphatic rings. The Bertz CT molecular complexity index is 521. The fourth-order valence-corrected chi connectivity index (χ4v) is 2.54. The van der Waals surface area contributed by atoms with Crippen molar-refractivity contribution in [1.29, 1.82) is 0 Å². The fourth-order valence-electron chi connectivity index (χ4n) is 2.06. The van der Waals surface area contributed by atoms with Gasteiger partial charge in [-0.1, -0.05) is 12.2 Å². The molecule has 1 atom stereocenters. The van der Waals surface area contributed by atoms with Gasteiger partial charge in [-0.2, -0.15) is 13.2 Å². The minimum atomic E-state index is -4.40. The van der Waals surface area contributed by atoms with Crippen molar-refractivity contribution in [3.63, 3.8) is 0 Å². The predicted octanol–water partition coefficient (Wildman–Crippen LogP) is 3.70. The lowest BCUT2D eigenvalue weighted by Gasteiger charge is -2.20. The molecule has 0 amide bonds. The highest BCUT2D eigenvalue weighted by molar-refractivity contribution is 7.80. The number of rotatable bonds is 2. The molecule has 0 aromatic heterocycles. The van der Waals surface area contributed by atoms with Crippen LogP contribution in [-0.2, 0) is 6.18 Å². The van der Waals surface area contributed by atoms with E-state index in [2.05, 4.69) is 0 Å². The number of benzene rings is 1. The molecule has 2 rings (SSSR count). The summed E-state index contributed by atoms with van der Waals surface area (Å²) in [6.45, 7) is 0.502. The SMILES string of the molecule is CN1CC(CCCl)Oc2ccc(C(F)(F)F)cc2C1=S. The largest absolute Gasteiger partial charge is 0.488 e. The summed E-state index contributed by atoms with van der Waals surface area (Å²) >= 11 is 10.9. The van der Waals surface area contributed by atoms with Crippen LogP contribution in [0, 0.1) is 0 Å². The van der Waals surface area contributed by atoms with Crippen molar-refractivity contribution in [3.8, 4) is 5.75 Å². The molecule has 0 saturated heterocycles. The van der Waals surface area contributed by atoms with Crippen LogP contribution in [-0.4, -0.2) is 35.5 Å². The first-order chi connectivity index (χ1) is 9.32. The zero-order valence-corrected chi connectivity index (χ0v) is 12.3. The zero-order chi connectivity index (χ0) is 14.9. The third kappa shape index (κ3) is 3.17. The van der Waals surface area contributed by atoms with E-state index in [1.807, 2.05) is 0 Å². The number of nitrogens with zero attached hydrogens (tertiary/aromatic N) is 1. The second kappa shape index (κ2) is 5.77. The first-order valence-corrected chi connectivity index (χ1v) is 6.96. The van der Waals surface area contributed by atoms with Crippen molar-refractivity contribution in [3.05, 3.63) is 29.3 Å². The van der Waals surface area contributed by atoms with E-state index in [-0.39, 0.29) is 6.10 Å². The average molecular weight is 324 g/mol. The van der Waals surface area contributed by atoms with Gasteiger partial charge >= 0.3 is 6.18 Å². The van der Waals surface area contributed by atoms with Crippen molar-refractivity contribution in [2.45, 2.75) is 18.7 Å². The highest BCUT2D eigenvalue weighted by Crippen LogP contribution is 2.34. The molecule has 20 heavy (non-hydrogen) atoms. The Morgan fingerprint density at radius 1 is 1.45 bits per heavy atom. The fraction of sp³-hybridized carbons (Fsp3) is 0.462. The summed E-state index contributed by atoms with van der Waals surface area (Å²) in [6, 6.07) is 3.37. The monoisotopic (exact) mass is 323 g/mol. The number of alkyl halides is 4. The summed E-state index contributed by atoms with van der Waals surface area (Å²) in [6.07, 6.45) is -3.98. The number of hydrogen-bond acceptors (Lipinski definition) is 2. The van der Waals surface area contributed by atoms with Gasteiger partial charge in [-0.15, -0.1) is 11.6 Å². The van der Waals surface area contributed by atoms with Gasteiger partial charge in [0.1, 0.15) is 16.8 Å². The Morgan fingerprint density at radius 2 is 2.15 bits per heavy atom. The first kappa shape index (κ1) is 15.4. The van der Waals surface area contributed by atoms with Crippen molar-refractivity contribution < 1.29 is 17.9 Å². The van der Waals surface area contributed by atoms with E-state index < -0.39 is 11.7 Å². The molecule has 0 radical (unpaired) electrons. The van der Waals surface area contributed by atoms with Crippen molar-refractivity contribution >= 4 is 28.8 Å². The molecular weight excluding hydrogens is 311 g/mol. The summed E-state index contributed by atoms with van der Waals surface area (Å²) < 4.78 is 44.0. The molecule has 7 heteroatoms. The molecule has 0 bridgehead atoms. The van der Waals surface area contributed by atoms with Gasteiger partial charge in [0.05, 0.1) is 17.7 Å². The molecule has 0 fully saturated rings. The molecule has 1 aromatic carbocycles. The molecule has 1 aromatic rings. The van der Waals surface area contributed by atoms with Crippen molar-refractivity contribution in [2.75, 3.05) is 19.5 Å². The van der Waals surface area contributed by atoms with Crippen LogP contribution in [0.1, 0.15) is 17.5 Å². The summed E-state index contributed by atoms with van der Waals surface area (Å²) in [7, 11) is 1.74. The van der Waals surface area contributed by atoms with Crippen LogP contribution in [0.5, 0.6) is 5.75 Å². The molecule has 1 aliphatic heterocycles. The van der Waals surface area contributed by atoms with E-state index in [0.29, 0.717) is 35.1 Å². The van der Waals surface area contributed by atoms with Crippen molar-refractivity contribution in [2.24, 2.45) is 0 Å². The van der Waals surface area contributed by atoms with E-state index in [1.54, 1.807) is 11.9 Å². The van der Waals surface area contributed by atoms with Gasteiger partial charge < -0.3 is 9.64 Å². The second-order valence-electron chi connectivity index (χ2n) is 4.61. The topological polar surface area (TPSA) is 12.5 Å². The summed E-state index contributed by atoms with van der Waals surface area (Å²) in [5, 5.41) is 0. The van der Waals surface area contributed by atoms with Crippen LogP contribution < -0.4 is 4.74 Å². The number of fused-ring (bicyclic) bond motifs is 1. The first-order valence-electron chi connectivity index (χ1n) is 6.02. The Labute approximate surface area is 125 Å². The Balaban J connectivity index is 2.42. The number of halogens is 4. The van der Waals surface area contributed by atoms with E-state index in [1.165, 1.54) is 6.07 Å². The summed E-state index contributed by atoms with van der Waals surface area (Å²) in [4.78, 5) is 2.07. The van der Waals surface area contributed by atoms with E-state index >= 15 is 0 Å². The van der Waals surface area contributed by atoms with E-state index in [4.69, 9.17) is 28.6 Å². The standard InChI is InChI=1S/C13H13ClF3NOS/c1-18-7-9(4-5-14)19-11-3-2-8(13(15,16)17)6-10(11)12(18)20/h2-3,6,9H,4-5,7H2,1H3. The van der Waals surface area contributed by atoms with Crippen LogP contribution in [0.2, 0.25) is 0 Å².